The molecule has 0 aromatic carbocycles. The Morgan fingerprint density at radius 2 is 1.49 bits per heavy atom. The van der Waals surface area contributed by atoms with Crippen LogP contribution in [0.1, 0.15) is 12.5 Å². The van der Waals surface area contributed by atoms with Gasteiger partial charge in [-0.1, -0.05) is 4.98 Å². The molecule has 0 spiro atoms. The SMILES string of the molecule is Cn1c[n+]([C@@H]2O[C@H](COP(=O)(O)OP(=O)(O)OP(=O)(O)O[13CH2][13C@H]3O[13C@@H]([15n]4[13cH][15n][13c]5[13c]([15NH2])[15n][13cH][15n][13c]54)[13C@H](O)[13C@@H]3O)[C@@H](O)[C@H]2O)c2nc(N)nc([O-])c21. The molecule has 2 fully saturated rings. The summed E-state index contributed by atoms with van der Waals surface area (Å²) in [4.78, 5) is 49.2. The minimum Gasteiger partial charge on any atom is -0.856 e. The Morgan fingerprint density at radius 3 is 2.14 bits per heavy atom. The lowest BCUT2D eigenvalue weighted by molar-refractivity contribution is -0.745. The molecule has 280 valence electrons. The van der Waals surface area contributed by atoms with E-state index in [0.29, 0.717) is 0 Å². The maximum absolute atomic E-state index is 12.5. The Bertz CT molecular complexity index is 2100. The monoisotopic (exact) mass is 801 g/mol. The number of imidazole rings is 2. The first kappa shape index (κ1) is 37.4. The lowest BCUT2D eigenvalue weighted by atomic mass is 10.1. The second-order valence-corrected chi connectivity index (χ2v) is 15.7. The zero-order chi connectivity index (χ0) is 37.2. The van der Waals surface area contributed by atoms with Crippen molar-refractivity contribution in [1.29, 1.82) is 0 Å². The minimum absolute atomic E-state index is 0.00860. The van der Waals surface area contributed by atoms with Gasteiger partial charge in [-0.3, -0.25) is 18.2 Å². The highest BCUT2D eigenvalue weighted by molar-refractivity contribution is 7.66. The Hall–Kier alpha value is -3.33. The van der Waals surface area contributed by atoms with Crippen molar-refractivity contribution in [3.8, 4) is 5.88 Å². The predicted molar refractivity (Wildman–Crippen MR) is 158 cm³/mol. The van der Waals surface area contributed by atoms with Crippen molar-refractivity contribution in [1.82, 2.24) is 34.1 Å². The van der Waals surface area contributed by atoms with E-state index in [1.807, 2.05) is 0 Å². The highest BCUT2D eigenvalue weighted by atomic mass is 31.3. The van der Waals surface area contributed by atoms with Gasteiger partial charge in [0, 0.05) is 5.88 Å². The van der Waals surface area contributed by atoms with Crippen molar-refractivity contribution in [2.75, 3.05) is 24.7 Å². The first-order valence-corrected chi connectivity index (χ1v) is 18.6. The summed E-state index contributed by atoms with van der Waals surface area (Å²) in [7, 11) is -15.8. The van der Waals surface area contributed by atoms with Gasteiger partial charge in [0.15, 0.2) is 29.5 Å². The highest BCUT2D eigenvalue weighted by Gasteiger charge is 2.50. The van der Waals surface area contributed by atoms with Gasteiger partial charge in [0.25, 0.3) is 5.95 Å². The number of ether oxygens (including phenoxy) is 2. The molecule has 6 rings (SSSR count). The smallest absolute Gasteiger partial charge is 0.490 e. The van der Waals surface area contributed by atoms with Crippen LogP contribution in [0.4, 0.5) is 11.8 Å². The zero-order valence-electron chi connectivity index (χ0n) is 25.6. The molecule has 11 atom stereocenters. The normalized spacial score (nSPS) is 30.4. The van der Waals surface area contributed by atoms with Gasteiger partial charge in [0.05, 0.1) is 26.6 Å². The van der Waals surface area contributed by atoms with Crippen molar-refractivity contribution in [3.05, 3.63) is 19.0 Å². The fourth-order valence-electron chi connectivity index (χ4n) is 5.32. The van der Waals surface area contributed by atoms with E-state index in [0.717, 1.165) is 10.9 Å². The molecule has 0 saturated carbocycles. The summed E-state index contributed by atoms with van der Waals surface area (Å²) in [5.74, 6) is -1.14. The lowest BCUT2D eigenvalue weighted by Crippen LogP contribution is -2.46. The Kier molecular flexibility index (Phi) is 9.96. The van der Waals surface area contributed by atoms with Crippen LogP contribution in [0, 0.1) is 0 Å². The maximum Gasteiger partial charge on any atom is 0.490 e. The van der Waals surface area contributed by atoms with Crippen LogP contribution in [0.3, 0.4) is 0 Å². The molecule has 27 nitrogen and oxygen atoms in total. The maximum atomic E-state index is 12.5. The Labute approximate surface area is 283 Å². The first-order valence-electron chi connectivity index (χ1n) is 14.1. The summed E-state index contributed by atoms with van der Waals surface area (Å²) in [5, 5.41) is 54.3. The van der Waals surface area contributed by atoms with Gasteiger partial charge in [-0.2, -0.15) is 8.62 Å². The third-order valence-electron chi connectivity index (χ3n) is 7.57. The van der Waals surface area contributed by atoms with Gasteiger partial charge in [-0.15, -0.1) is 0 Å². The van der Waals surface area contributed by atoms with Gasteiger partial charge in [0.1, 0.15) is 48.5 Å². The summed E-state index contributed by atoms with van der Waals surface area (Å²) in [6, 6.07) is 0. The van der Waals surface area contributed by atoms with E-state index in [1.54, 1.807) is 0 Å². The quantitative estimate of drug-likeness (QED) is 0.0285. The van der Waals surface area contributed by atoms with Crippen LogP contribution in [0.15, 0.2) is 19.0 Å². The number of nitrogen functional groups attached to an aromatic ring is 2. The summed E-state index contributed by atoms with van der Waals surface area (Å²) < 4.78 is 69.3. The number of nitrogens with two attached hydrogens (primary N) is 2. The van der Waals surface area contributed by atoms with Crippen molar-refractivity contribution >= 4 is 57.6 Å². The summed E-state index contributed by atoms with van der Waals surface area (Å²) in [6.07, 6.45) is -9.39. The molecule has 51 heavy (non-hydrogen) atoms. The van der Waals surface area contributed by atoms with Gasteiger partial charge in [0.2, 0.25) is 6.23 Å². The second-order valence-electron chi connectivity index (χ2n) is 11.0. The lowest BCUT2D eigenvalue weighted by Gasteiger charge is -2.21. The molecular formula is C21H29N10O17P3. The Balaban J connectivity index is 1.04. The zero-order valence-corrected chi connectivity index (χ0v) is 28.2. The molecule has 4 aromatic heterocycles. The Morgan fingerprint density at radius 1 is 0.882 bits per heavy atom. The largest absolute Gasteiger partial charge is 0.856 e. The average molecular weight is 801 g/mol. The first-order chi connectivity index (χ1) is 23.8. The number of hydrogen-bond donors (Lipinski definition) is 9. The van der Waals surface area contributed by atoms with Crippen LogP contribution in [0.5, 0.6) is 5.88 Å². The minimum atomic E-state index is -5.97. The van der Waals surface area contributed by atoms with Gasteiger partial charge in [-0.25, -0.2) is 38.2 Å². The highest BCUT2D eigenvalue weighted by Crippen LogP contribution is 2.67. The second kappa shape index (κ2) is 13.6. The molecule has 2 aliphatic heterocycles. The van der Waals surface area contributed by atoms with Crippen molar-refractivity contribution in [3.63, 3.8) is 0 Å². The number of nitrogens with zero attached hydrogens (tertiary/aromatic N) is 8. The van der Waals surface area contributed by atoms with Crippen molar-refractivity contribution < 1.29 is 85.6 Å². The molecule has 4 aromatic rings. The molecule has 2 aliphatic rings. The fraction of sp³-hybridized carbons (Fsp3) is 0.524. The molecule has 0 aliphatic carbocycles. The summed E-state index contributed by atoms with van der Waals surface area (Å²) in [5.41, 5.74) is 11.4. The molecule has 30 heteroatoms. The van der Waals surface area contributed by atoms with Gasteiger partial charge < -0.3 is 61.2 Å². The molecule has 2 saturated heterocycles. The van der Waals surface area contributed by atoms with Gasteiger partial charge >= 0.3 is 29.1 Å². The van der Waals surface area contributed by atoms with E-state index in [2.05, 4.69) is 42.6 Å². The summed E-state index contributed by atoms with van der Waals surface area (Å²) in [6.45, 7) is -2.11. The number of aliphatic hydroxyl groups is 4. The van der Waals surface area contributed by atoms with Crippen LogP contribution in [-0.4, -0.2) is 119 Å². The van der Waals surface area contributed by atoms with Crippen LogP contribution in [0.2, 0.25) is 0 Å². The molecule has 11 N–H and O–H groups in total. The van der Waals surface area contributed by atoms with E-state index in [4.69, 9.17) is 20.9 Å². The molecule has 6 heterocycles. The number of fused-ring (bicyclic) bond motifs is 2. The standard InChI is InChI=1S/C21H29N10O17P3/c1-29-6-31(17-10(29)18(36)28-21(23)27-17)20-14(35)12(33)8(46-20)3-44-50(39,40)48-51(41,42)47-49(37,38)43-2-7-11(32)13(34)19(45-7)30-5-26-9-15(22)24-4-25-16(9)30/h4-8,11-14,19-20,32-35H,2-3H2,1H3,(H7-,22,23,24,25,27,28,36,37,38,39,40,41,42)/t7-,8-,11-,12-,13-,14-,19-,20-/m1/s1/i2+1,4+1,5+1,7+1,9+1,11+1,13+1,15+1,16+1,19+1,22+1,24+1,25+1,26+1,30+1. The molecule has 0 bridgehead atoms. The van der Waals surface area contributed by atoms with Crippen molar-refractivity contribution in [2.24, 2.45) is 7.05 Å². The van der Waals surface area contributed by atoms with E-state index in [9.17, 15) is 53.9 Å². The third kappa shape index (κ3) is 7.47. The van der Waals surface area contributed by atoms with Crippen LogP contribution >= 0.6 is 23.5 Å². The molecular weight excluding hydrogens is 772 g/mol. The van der Waals surface area contributed by atoms with Crippen LogP contribution in [0.25, 0.3) is 22.3 Å². The topological polar surface area (TPSA) is 401 Å². The van der Waals surface area contributed by atoms with Crippen molar-refractivity contribution in [2.45, 2.75) is 49.1 Å². The van der Waals surface area contributed by atoms with E-state index >= 15 is 0 Å². The number of hydrogen-bond acceptors (Lipinski definition) is 21. The fourth-order valence-corrected chi connectivity index (χ4v) is 8.84. The third-order valence-corrected chi connectivity index (χ3v) is 11.8. The van der Waals surface area contributed by atoms with Crippen LogP contribution < -0.4 is 21.1 Å². The van der Waals surface area contributed by atoms with E-state index < -0.39 is 97.6 Å². The van der Waals surface area contributed by atoms with Crippen LogP contribution in [-0.2, 0) is 47.9 Å². The number of aromatic nitrogens is 8. The van der Waals surface area contributed by atoms with E-state index in [-0.39, 0.29) is 28.1 Å². The number of rotatable bonds is 12. The summed E-state index contributed by atoms with van der Waals surface area (Å²) >= 11 is 0. The molecule has 3 unspecified atom stereocenters. The number of phosphoric ester groups is 2. The molecule has 0 radical (unpaired) electrons. The van der Waals surface area contributed by atoms with E-state index in [1.165, 1.54) is 28.8 Å². The molecule has 0 amide bonds. The predicted octanol–water partition coefficient (Wildman–Crippen LogP) is -4.06. The number of phosphoric acid groups is 3. The number of anilines is 2. The number of aryl methyl sites for hydroxylation is 1. The average Bonchev–Trinajstić information content (AvgIpc) is 3.74. The van der Waals surface area contributed by atoms with Gasteiger partial charge in [-0.05, 0) is 0 Å². The number of aliphatic hydroxyl groups excluding tert-OH is 4.